The van der Waals surface area contributed by atoms with Gasteiger partial charge in [-0.2, -0.15) is 0 Å². The van der Waals surface area contributed by atoms with Gasteiger partial charge in [0.15, 0.2) is 0 Å². The summed E-state index contributed by atoms with van der Waals surface area (Å²) in [6, 6.07) is 14.4. The van der Waals surface area contributed by atoms with Crippen molar-refractivity contribution in [2.24, 2.45) is 5.92 Å². The number of amides is 2. The van der Waals surface area contributed by atoms with Crippen molar-refractivity contribution in [2.45, 2.75) is 19.4 Å². The third kappa shape index (κ3) is 4.20. The lowest BCUT2D eigenvalue weighted by Gasteiger charge is -2.08. The summed E-state index contributed by atoms with van der Waals surface area (Å²) in [4.78, 5) is 23.9. The van der Waals surface area contributed by atoms with E-state index in [2.05, 4.69) is 10.6 Å². The van der Waals surface area contributed by atoms with Crippen LogP contribution in [-0.2, 0) is 16.1 Å². The first-order valence-corrected chi connectivity index (χ1v) is 7.96. The van der Waals surface area contributed by atoms with Crippen molar-refractivity contribution in [3.63, 3.8) is 0 Å². The van der Waals surface area contributed by atoms with Crippen molar-refractivity contribution >= 4 is 23.2 Å². The molecule has 0 bridgehead atoms. The van der Waals surface area contributed by atoms with E-state index in [0.29, 0.717) is 17.9 Å². The van der Waals surface area contributed by atoms with Crippen LogP contribution in [0.4, 0.5) is 11.4 Å². The quantitative estimate of drug-likeness (QED) is 0.855. The molecule has 0 radical (unpaired) electrons. The molecule has 3 rings (SSSR count). The van der Waals surface area contributed by atoms with Gasteiger partial charge in [0.25, 0.3) is 5.91 Å². The number of hydrogen-bond acceptors (Lipinski definition) is 3. The monoisotopic (exact) mass is 324 g/mol. The summed E-state index contributed by atoms with van der Waals surface area (Å²) >= 11 is 0. The minimum absolute atomic E-state index is 0.0722. The molecule has 0 unspecified atom stereocenters. The predicted octanol–water partition coefficient (Wildman–Crippen LogP) is 3.43. The fourth-order valence-electron chi connectivity index (χ4n) is 2.35. The second-order valence-electron chi connectivity index (χ2n) is 5.92. The molecule has 1 aliphatic rings. The molecule has 0 heterocycles. The Morgan fingerprint density at radius 3 is 2.08 bits per heavy atom. The number of anilines is 2. The number of carbonyl (C=O) groups excluding carboxylic acids is 2. The molecule has 5 heteroatoms. The molecular weight excluding hydrogens is 304 g/mol. The summed E-state index contributed by atoms with van der Waals surface area (Å²) in [5, 5.41) is 5.71. The zero-order valence-corrected chi connectivity index (χ0v) is 13.5. The average molecular weight is 324 g/mol. The molecule has 0 atom stereocenters. The van der Waals surface area contributed by atoms with Gasteiger partial charge in [0.2, 0.25) is 5.91 Å². The molecule has 2 amide bonds. The predicted molar refractivity (Wildman–Crippen MR) is 92.9 cm³/mol. The highest BCUT2D eigenvalue weighted by atomic mass is 16.5. The molecule has 24 heavy (non-hydrogen) atoms. The van der Waals surface area contributed by atoms with Gasteiger partial charge in [-0.3, -0.25) is 9.59 Å². The molecule has 2 N–H and O–H groups in total. The van der Waals surface area contributed by atoms with Crippen LogP contribution < -0.4 is 10.6 Å². The summed E-state index contributed by atoms with van der Waals surface area (Å²) in [6.07, 6.45) is 1.95. The topological polar surface area (TPSA) is 67.4 Å². The highest BCUT2D eigenvalue weighted by Crippen LogP contribution is 2.30. The lowest BCUT2D eigenvalue weighted by Crippen LogP contribution is -2.14. The standard InChI is InChI=1S/C19H20N2O3/c1-24-12-13-2-4-14(5-3-13)18(22)20-16-8-10-17(11-9-16)21-19(23)15-6-7-15/h2-5,8-11,15H,6-7,12H2,1H3,(H,20,22)(H,21,23). The smallest absolute Gasteiger partial charge is 0.255 e. The van der Waals surface area contributed by atoms with Crippen LogP contribution in [0.25, 0.3) is 0 Å². The molecule has 0 aliphatic heterocycles. The molecule has 0 aromatic heterocycles. The summed E-state index contributed by atoms with van der Waals surface area (Å²) in [5.41, 5.74) is 3.03. The molecule has 1 fully saturated rings. The normalized spacial score (nSPS) is 13.4. The number of benzene rings is 2. The Hall–Kier alpha value is -2.66. The van der Waals surface area contributed by atoms with Crippen molar-refractivity contribution in [1.29, 1.82) is 0 Å². The van der Waals surface area contributed by atoms with Crippen LogP contribution in [0.1, 0.15) is 28.8 Å². The van der Waals surface area contributed by atoms with Crippen molar-refractivity contribution in [3.05, 3.63) is 59.7 Å². The van der Waals surface area contributed by atoms with Crippen LogP contribution in [0.15, 0.2) is 48.5 Å². The average Bonchev–Trinajstić information content (AvgIpc) is 3.42. The lowest BCUT2D eigenvalue weighted by molar-refractivity contribution is -0.117. The van der Waals surface area contributed by atoms with E-state index in [4.69, 9.17) is 4.74 Å². The van der Waals surface area contributed by atoms with Gasteiger partial charge in [-0.1, -0.05) is 12.1 Å². The third-order valence-corrected chi connectivity index (χ3v) is 3.89. The summed E-state index contributed by atoms with van der Waals surface area (Å²) in [7, 11) is 1.64. The largest absolute Gasteiger partial charge is 0.380 e. The number of nitrogens with one attached hydrogen (secondary N) is 2. The van der Waals surface area contributed by atoms with E-state index in [0.717, 1.165) is 24.1 Å². The van der Waals surface area contributed by atoms with Gasteiger partial charge < -0.3 is 15.4 Å². The summed E-state index contributed by atoms with van der Waals surface area (Å²) in [5.74, 6) is 0.0714. The van der Waals surface area contributed by atoms with Crippen molar-refractivity contribution in [1.82, 2.24) is 0 Å². The van der Waals surface area contributed by atoms with Gasteiger partial charge in [-0.15, -0.1) is 0 Å². The van der Waals surface area contributed by atoms with E-state index in [1.807, 2.05) is 12.1 Å². The van der Waals surface area contributed by atoms with E-state index in [9.17, 15) is 9.59 Å². The van der Waals surface area contributed by atoms with Gasteiger partial charge >= 0.3 is 0 Å². The molecule has 1 saturated carbocycles. The van der Waals surface area contributed by atoms with Crippen LogP contribution >= 0.6 is 0 Å². The van der Waals surface area contributed by atoms with E-state index in [1.54, 1.807) is 43.5 Å². The Labute approximate surface area is 141 Å². The van der Waals surface area contributed by atoms with Gasteiger partial charge in [0.1, 0.15) is 0 Å². The molecule has 1 aliphatic carbocycles. The van der Waals surface area contributed by atoms with Crippen LogP contribution in [0, 0.1) is 5.92 Å². The highest BCUT2D eigenvalue weighted by Gasteiger charge is 2.29. The number of ether oxygens (including phenoxy) is 1. The van der Waals surface area contributed by atoms with Gasteiger partial charge in [0.05, 0.1) is 6.61 Å². The minimum atomic E-state index is -0.172. The van der Waals surface area contributed by atoms with Crippen LogP contribution in [-0.4, -0.2) is 18.9 Å². The van der Waals surface area contributed by atoms with Crippen LogP contribution in [0.3, 0.4) is 0 Å². The maximum atomic E-state index is 12.2. The van der Waals surface area contributed by atoms with Crippen molar-refractivity contribution in [3.8, 4) is 0 Å². The van der Waals surface area contributed by atoms with Crippen LogP contribution in [0.5, 0.6) is 0 Å². The van der Waals surface area contributed by atoms with Gasteiger partial charge in [-0.05, 0) is 54.8 Å². The van der Waals surface area contributed by atoms with E-state index in [1.165, 1.54) is 0 Å². The Morgan fingerprint density at radius 2 is 1.54 bits per heavy atom. The SMILES string of the molecule is COCc1ccc(C(=O)Nc2ccc(NC(=O)C3CC3)cc2)cc1. The Bertz CT molecular complexity index is 719. The fraction of sp³-hybridized carbons (Fsp3) is 0.263. The zero-order chi connectivity index (χ0) is 16.9. The number of methoxy groups -OCH3 is 1. The second kappa shape index (κ2) is 7.27. The van der Waals surface area contributed by atoms with Crippen molar-refractivity contribution in [2.75, 3.05) is 17.7 Å². The molecule has 5 nitrogen and oxygen atoms in total. The van der Waals surface area contributed by atoms with Crippen molar-refractivity contribution < 1.29 is 14.3 Å². The maximum Gasteiger partial charge on any atom is 0.255 e. The lowest BCUT2D eigenvalue weighted by atomic mass is 10.1. The maximum absolute atomic E-state index is 12.2. The van der Waals surface area contributed by atoms with Gasteiger partial charge in [-0.25, -0.2) is 0 Å². The first-order chi connectivity index (χ1) is 11.7. The second-order valence-corrected chi connectivity index (χ2v) is 5.92. The summed E-state index contributed by atoms with van der Waals surface area (Å²) in [6.45, 7) is 0.524. The highest BCUT2D eigenvalue weighted by molar-refractivity contribution is 6.04. The molecule has 0 spiro atoms. The van der Waals surface area contributed by atoms with E-state index >= 15 is 0 Å². The fourth-order valence-corrected chi connectivity index (χ4v) is 2.35. The van der Waals surface area contributed by atoms with Gasteiger partial charge in [0, 0.05) is 30.0 Å². The molecule has 124 valence electrons. The van der Waals surface area contributed by atoms with Crippen LogP contribution in [0.2, 0.25) is 0 Å². The number of hydrogen-bond donors (Lipinski definition) is 2. The minimum Gasteiger partial charge on any atom is -0.380 e. The Morgan fingerprint density at radius 1 is 0.958 bits per heavy atom. The Kier molecular flexibility index (Phi) is 4.91. The molecule has 0 saturated heterocycles. The molecular formula is C19H20N2O3. The Balaban J connectivity index is 1.58. The third-order valence-electron chi connectivity index (χ3n) is 3.89. The first-order valence-electron chi connectivity index (χ1n) is 7.96. The molecule has 2 aromatic carbocycles. The first kappa shape index (κ1) is 16.2. The number of rotatable bonds is 6. The zero-order valence-electron chi connectivity index (χ0n) is 13.5. The van der Waals surface area contributed by atoms with E-state index < -0.39 is 0 Å². The van der Waals surface area contributed by atoms with E-state index in [-0.39, 0.29) is 17.7 Å². The number of carbonyl (C=O) groups is 2. The molecule has 2 aromatic rings. The summed E-state index contributed by atoms with van der Waals surface area (Å²) < 4.78 is 5.05.